The number of carbonyl (C=O) groups excluding carboxylic acids is 2. The first-order valence-corrected chi connectivity index (χ1v) is 13.5. The highest BCUT2D eigenvalue weighted by Gasteiger charge is 2.24. The average Bonchev–Trinajstić information content (AvgIpc) is 2.98. The lowest BCUT2D eigenvalue weighted by Crippen LogP contribution is -2.34. The van der Waals surface area contributed by atoms with E-state index in [0.717, 1.165) is 42.1 Å². The Hall–Kier alpha value is -4.69. The van der Waals surface area contributed by atoms with Gasteiger partial charge < -0.3 is 20.7 Å². The number of hydrogen-bond donors (Lipinski definition) is 3. The molecule has 0 spiro atoms. The van der Waals surface area contributed by atoms with Gasteiger partial charge in [0, 0.05) is 37.1 Å². The number of carbonyl (C=O) groups is 2. The van der Waals surface area contributed by atoms with Gasteiger partial charge in [-0.3, -0.25) is 14.5 Å². The highest BCUT2D eigenvalue weighted by molar-refractivity contribution is 6.05. The quantitative estimate of drug-likeness (QED) is 0.243. The Bertz CT molecular complexity index is 1480. The molecule has 0 saturated heterocycles. The summed E-state index contributed by atoms with van der Waals surface area (Å²) in [6.07, 6.45) is 1.22. The van der Waals surface area contributed by atoms with Gasteiger partial charge in [-0.1, -0.05) is 49.4 Å². The fourth-order valence-corrected chi connectivity index (χ4v) is 4.65. The zero-order chi connectivity index (χ0) is 27.9. The largest absolute Gasteiger partial charge is 0.479 e. The minimum Gasteiger partial charge on any atom is -0.479 e. The van der Waals surface area contributed by atoms with E-state index in [1.165, 1.54) is 0 Å². The van der Waals surface area contributed by atoms with Gasteiger partial charge in [0.25, 0.3) is 11.8 Å². The van der Waals surface area contributed by atoms with Crippen LogP contribution in [0, 0.1) is 0 Å². The number of hydrogen-bond acceptors (Lipinski definition) is 6. The predicted octanol–water partition coefficient (Wildman–Crippen LogP) is 5.65. The maximum absolute atomic E-state index is 13.3. The summed E-state index contributed by atoms with van der Waals surface area (Å²) in [4.78, 5) is 32.0. The van der Waals surface area contributed by atoms with Crippen LogP contribution in [-0.2, 0) is 11.3 Å². The summed E-state index contributed by atoms with van der Waals surface area (Å²) in [5, 5.41) is 9.16. The van der Waals surface area contributed by atoms with Gasteiger partial charge in [0.05, 0.1) is 5.69 Å². The van der Waals surface area contributed by atoms with Crippen molar-refractivity contribution in [1.82, 2.24) is 9.88 Å². The molecule has 2 amide bonds. The van der Waals surface area contributed by atoms with Crippen molar-refractivity contribution in [3.05, 3.63) is 102 Å². The molecule has 0 radical (unpaired) electrons. The summed E-state index contributed by atoms with van der Waals surface area (Å²) in [6.45, 7) is 6.95. The zero-order valence-corrected chi connectivity index (χ0v) is 22.7. The molecule has 1 atom stereocenters. The number of anilines is 3. The van der Waals surface area contributed by atoms with E-state index in [0.29, 0.717) is 29.2 Å². The van der Waals surface area contributed by atoms with Gasteiger partial charge in [0.1, 0.15) is 11.6 Å². The highest BCUT2D eigenvalue weighted by atomic mass is 16.5. The molecule has 0 saturated carbocycles. The molecule has 1 aromatic heterocycles. The van der Waals surface area contributed by atoms with Crippen LogP contribution < -0.4 is 20.7 Å². The van der Waals surface area contributed by atoms with E-state index < -0.39 is 6.10 Å². The molecule has 3 aromatic carbocycles. The summed E-state index contributed by atoms with van der Waals surface area (Å²) in [5.74, 6) is 0.992. The molecule has 8 nitrogen and oxygen atoms in total. The lowest BCUT2D eigenvalue weighted by Gasteiger charge is -2.24. The normalized spacial score (nSPS) is 14.2. The van der Waals surface area contributed by atoms with Gasteiger partial charge in [0.15, 0.2) is 6.10 Å². The first-order chi connectivity index (χ1) is 19.5. The first kappa shape index (κ1) is 26.9. The fraction of sp³-hybridized carbons (Fsp3) is 0.219. The van der Waals surface area contributed by atoms with E-state index in [9.17, 15) is 9.59 Å². The van der Waals surface area contributed by atoms with E-state index in [2.05, 4.69) is 44.9 Å². The molecular weight excluding hydrogens is 502 g/mol. The standard InChI is InChI=1S/C32H33N5O3/c1-3-37(18-17-34-30-11-7-8-16-33-30)21-25-19-24(12-14-27(25)23-9-5-4-6-10-23)32(39)35-26-13-15-29-28(20-26)36-31(38)22(2)40-29/h4-16,19-20,22H,3,17-18,21H2,1-2H3,(H,33,34)(H,35,39)(H,36,38). The van der Waals surface area contributed by atoms with Crippen molar-refractivity contribution >= 4 is 29.0 Å². The molecular formula is C32H33N5O3. The summed E-state index contributed by atoms with van der Waals surface area (Å²) >= 11 is 0. The Morgan fingerprint density at radius 2 is 1.85 bits per heavy atom. The van der Waals surface area contributed by atoms with E-state index >= 15 is 0 Å². The Labute approximate surface area is 234 Å². The lowest BCUT2D eigenvalue weighted by atomic mass is 9.96. The van der Waals surface area contributed by atoms with Crippen LogP contribution in [0.4, 0.5) is 17.2 Å². The molecule has 1 unspecified atom stereocenters. The second-order valence-electron chi connectivity index (χ2n) is 9.66. The summed E-state index contributed by atoms with van der Waals surface area (Å²) < 4.78 is 5.62. The van der Waals surface area contributed by atoms with Crippen LogP contribution in [0.25, 0.3) is 11.1 Å². The van der Waals surface area contributed by atoms with Crippen LogP contribution in [0.15, 0.2) is 91.1 Å². The zero-order valence-electron chi connectivity index (χ0n) is 22.7. The maximum Gasteiger partial charge on any atom is 0.265 e. The van der Waals surface area contributed by atoms with Gasteiger partial charge in [-0.05, 0) is 72.6 Å². The van der Waals surface area contributed by atoms with Gasteiger partial charge in [-0.15, -0.1) is 0 Å². The monoisotopic (exact) mass is 535 g/mol. The minimum absolute atomic E-state index is 0.215. The van der Waals surface area contributed by atoms with Crippen molar-refractivity contribution < 1.29 is 14.3 Å². The van der Waals surface area contributed by atoms with Crippen LogP contribution in [0.1, 0.15) is 29.8 Å². The maximum atomic E-state index is 13.3. The molecule has 1 aliphatic heterocycles. The predicted molar refractivity (Wildman–Crippen MR) is 159 cm³/mol. The number of pyridine rings is 1. The molecule has 204 valence electrons. The van der Waals surface area contributed by atoms with Crippen molar-refractivity contribution in [1.29, 1.82) is 0 Å². The number of ether oxygens (including phenoxy) is 1. The van der Waals surface area contributed by atoms with E-state index in [4.69, 9.17) is 4.74 Å². The second kappa shape index (κ2) is 12.4. The summed E-state index contributed by atoms with van der Waals surface area (Å²) in [7, 11) is 0. The third-order valence-corrected chi connectivity index (χ3v) is 6.86. The van der Waals surface area contributed by atoms with Crippen LogP contribution >= 0.6 is 0 Å². The molecule has 40 heavy (non-hydrogen) atoms. The van der Waals surface area contributed by atoms with Gasteiger partial charge in [-0.25, -0.2) is 4.98 Å². The van der Waals surface area contributed by atoms with Crippen molar-refractivity contribution in [2.45, 2.75) is 26.5 Å². The number of benzene rings is 3. The van der Waals surface area contributed by atoms with Crippen LogP contribution in [-0.4, -0.2) is 47.4 Å². The van der Waals surface area contributed by atoms with Gasteiger partial charge >= 0.3 is 0 Å². The number of nitrogens with zero attached hydrogens (tertiary/aromatic N) is 2. The minimum atomic E-state index is -0.553. The molecule has 2 heterocycles. The third kappa shape index (κ3) is 6.47. The van der Waals surface area contributed by atoms with Crippen molar-refractivity contribution in [3.8, 4) is 16.9 Å². The molecule has 0 bridgehead atoms. The molecule has 4 aromatic rings. The summed E-state index contributed by atoms with van der Waals surface area (Å²) in [6, 6.07) is 27.1. The molecule has 0 aliphatic carbocycles. The number of likely N-dealkylation sites (N-methyl/N-ethyl adjacent to an activating group) is 1. The Morgan fingerprint density at radius 3 is 2.62 bits per heavy atom. The Kier molecular flexibility index (Phi) is 8.37. The van der Waals surface area contributed by atoms with Gasteiger partial charge in [0.2, 0.25) is 0 Å². The first-order valence-electron chi connectivity index (χ1n) is 13.5. The van der Waals surface area contributed by atoms with Crippen LogP contribution in [0.2, 0.25) is 0 Å². The van der Waals surface area contributed by atoms with E-state index in [1.807, 2.05) is 54.6 Å². The van der Waals surface area contributed by atoms with Crippen LogP contribution in [0.5, 0.6) is 5.75 Å². The molecule has 8 heteroatoms. The fourth-order valence-electron chi connectivity index (χ4n) is 4.65. The van der Waals surface area contributed by atoms with Crippen LogP contribution in [0.3, 0.4) is 0 Å². The van der Waals surface area contributed by atoms with Crippen molar-refractivity contribution in [2.24, 2.45) is 0 Å². The van der Waals surface area contributed by atoms with E-state index in [-0.39, 0.29) is 11.8 Å². The third-order valence-electron chi connectivity index (χ3n) is 6.86. The highest BCUT2D eigenvalue weighted by Crippen LogP contribution is 2.32. The second-order valence-corrected chi connectivity index (χ2v) is 9.66. The molecule has 1 aliphatic rings. The van der Waals surface area contributed by atoms with E-state index in [1.54, 1.807) is 31.3 Å². The summed E-state index contributed by atoms with van der Waals surface area (Å²) in [5.41, 5.74) is 4.94. The topological polar surface area (TPSA) is 95.6 Å². The smallest absolute Gasteiger partial charge is 0.265 e. The number of amides is 2. The molecule has 5 rings (SSSR count). The Balaban J connectivity index is 1.34. The van der Waals surface area contributed by atoms with Gasteiger partial charge in [-0.2, -0.15) is 0 Å². The molecule has 0 fully saturated rings. The number of rotatable bonds is 10. The van der Waals surface area contributed by atoms with Crippen molar-refractivity contribution in [2.75, 3.05) is 35.6 Å². The number of nitrogens with one attached hydrogen (secondary N) is 3. The Morgan fingerprint density at radius 1 is 1.02 bits per heavy atom. The number of fused-ring (bicyclic) bond motifs is 1. The van der Waals surface area contributed by atoms with Crippen molar-refractivity contribution in [3.63, 3.8) is 0 Å². The lowest BCUT2D eigenvalue weighted by molar-refractivity contribution is -0.122. The molecule has 3 N–H and O–H groups in total. The number of aromatic nitrogens is 1. The average molecular weight is 536 g/mol. The SMILES string of the molecule is CCN(CCNc1ccccn1)Cc1cc(C(=O)Nc2ccc3c(c2)NC(=O)C(C)O3)ccc1-c1ccccc1.